The van der Waals surface area contributed by atoms with Crippen molar-refractivity contribution in [2.45, 2.75) is 19.8 Å². The molecule has 1 aromatic heterocycles. The first kappa shape index (κ1) is 23.6. The van der Waals surface area contributed by atoms with Gasteiger partial charge in [0.15, 0.2) is 0 Å². The standard InChI is InChI=1S/C26H31ClN6O2/c1-2-23-22-7-6-20(15-24(22)30-29-23)28-26(35)18-8-9-31(16-18)17-25(34)33-12-10-32(11-13-33)21-5-3-4-19(27)14-21/h3-7,14-15,18H,2,8-13,16-17H2,1H3,(H,28,35)(H,29,30). The summed E-state index contributed by atoms with van der Waals surface area (Å²) in [4.78, 5) is 32.1. The van der Waals surface area contributed by atoms with E-state index in [0.717, 1.165) is 65.5 Å². The Bertz CT molecular complexity index is 1220. The minimum atomic E-state index is -0.122. The van der Waals surface area contributed by atoms with E-state index in [4.69, 9.17) is 11.6 Å². The zero-order valence-corrected chi connectivity index (χ0v) is 20.7. The number of rotatable bonds is 6. The molecule has 0 spiro atoms. The molecule has 2 aliphatic heterocycles. The number of nitrogens with one attached hydrogen (secondary N) is 2. The summed E-state index contributed by atoms with van der Waals surface area (Å²) >= 11 is 6.12. The highest BCUT2D eigenvalue weighted by molar-refractivity contribution is 6.30. The number of aromatic amines is 1. The molecule has 9 heteroatoms. The molecule has 0 aliphatic carbocycles. The van der Waals surface area contributed by atoms with E-state index in [9.17, 15) is 9.59 Å². The molecule has 1 unspecified atom stereocenters. The van der Waals surface area contributed by atoms with Gasteiger partial charge >= 0.3 is 0 Å². The molecular weight excluding hydrogens is 464 g/mol. The summed E-state index contributed by atoms with van der Waals surface area (Å²) < 4.78 is 0. The third kappa shape index (κ3) is 5.28. The van der Waals surface area contributed by atoms with Crippen LogP contribution in [-0.2, 0) is 16.0 Å². The highest BCUT2D eigenvalue weighted by atomic mass is 35.5. The molecule has 8 nitrogen and oxygen atoms in total. The van der Waals surface area contributed by atoms with Gasteiger partial charge in [0.05, 0.1) is 18.0 Å². The number of nitrogens with zero attached hydrogens (tertiary/aromatic N) is 4. The third-order valence-electron chi connectivity index (χ3n) is 7.06. The molecule has 0 bridgehead atoms. The lowest BCUT2D eigenvalue weighted by Crippen LogP contribution is -2.51. The fraction of sp³-hybridized carbons (Fsp3) is 0.423. The minimum Gasteiger partial charge on any atom is -0.368 e. The predicted molar refractivity (Wildman–Crippen MR) is 139 cm³/mol. The number of benzene rings is 2. The van der Waals surface area contributed by atoms with Crippen molar-refractivity contribution in [1.29, 1.82) is 0 Å². The second-order valence-corrected chi connectivity index (χ2v) is 9.78. The van der Waals surface area contributed by atoms with Gasteiger partial charge in [-0.05, 0) is 55.8 Å². The van der Waals surface area contributed by atoms with Crippen LogP contribution in [0.15, 0.2) is 42.5 Å². The Morgan fingerprint density at radius 2 is 1.94 bits per heavy atom. The number of hydrogen-bond donors (Lipinski definition) is 2. The highest BCUT2D eigenvalue weighted by Crippen LogP contribution is 2.24. The van der Waals surface area contributed by atoms with E-state index >= 15 is 0 Å². The maximum Gasteiger partial charge on any atom is 0.236 e. The Kier molecular flexibility index (Phi) is 6.92. The topological polar surface area (TPSA) is 84.6 Å². The summed E-state index contributed by atoms with van der Waals surface area (Å²) in [7, 11) is 0. The lowest BCUT2D eigenvalue weighted by Gasteiger charge is -2.36. The minimum absolute atomic E-state index is 0.000635. The van der Waals surface area contributed by atoms with Crippen molar-refractivity contribution in [3.63, 3.8) is 0 Å². The van der Waals surface area contributed by atoms with Crippen LogP contribution < -0.4 is 10.2 Å². The van der Waals surface area contributed by atoms with E-state index in [2.05, 4.69) is 32.2 Å². The van der Waals surface area contributed by atoms with Crippen LogP contribution >= 0.6 is 11.6 Å². The first-order valence-electron chi connectivity index (χ1n) is 12.3. The van der Waals surface area contributed by atoms with Crippen LogP contribution in [0.3, 0.4) is 0 Å². The zero-order valence-electron chi connectivity index (χ0n) is 20.0. The van der Waals surface area contributed by atoms with Crippen molar-refractivity contribution < 1.29 is 9.59 Å². The van der Waals surface area contributed by atoms with Gasteiger partial charge in [-0.25, -0.2) is 0 Å². The first-order valence-corrected chi connectivity index (χ1v) is 12.7. The summed E-state index contributed by atoms with van der Waals surface area (Å²) in [6.07, 6.45) is 1.64. The van der Waals surface area contributed by atoms with Gasteiger partial charge in [0, 0.05) is 60.2 Å². The average molecular weight is 495 g/mol. The number of likely N-dealkylation sites (tertiary alicyclic amines) is 1. The maximum absolute atomic E-state index is 12.9. The van der Waals surface area contributed by atoms with Gasteiger partial charge in [-0.3, -0.25) is 19.6 Å². The number of halogens is 1. The number of hydrogen-bond acceptors (Lipinski definition) is 5. The molecule has 2 N–H and O–H groups in total. The number of amides is 2. The van der Waals surface area contributed by atoms with Crippen LogP contribution in [0, 0.1) is 5.92 Å². The molecule has 0 saturated carbocycles. The summed E-state index contributed by atoms with van der Waals surface area (Å²) in [6.45, 7) is 6.76. The molecule has 5 rings (SSSR count). The van der Waals surface area contributed by atoms with Crippen molar-refractivity contribution in [3.8, 4) is 0 Å². The van der Waals surface area contributed by atoms with Crippen LogP contribution in [0.5, 0.6) is 0 Å². The Morgan fingerprint density at radius 3 is 2.71 bits per heavy atom. The first-order chi connectivity index (χ1) is 17.0. The van der Waals surface area contributed by atoms with Crippen molar-refractivity contribution in [2.24, 2.45) is 5.92 Å². The number of piperazine rings is 1. The van der Waals surface area contributed by atoms with Crippen molar-refractivity contribution >= 4 is 45.7 Å². The molecule has 3 aromatic rings. The highest BCUT2D eigenvalue weighted by Gasteiger charge is 2.31. The Labute approximate surface area is 210 Å². The van der Waals surface area contributed by atoms with E-state index in [1.807, 2.05) is 47.4 Å². The van der Waals surface area contributed by atoms with E-state index in [0.29, 0.717) is 26.2 Å². The Hall–Kier alpha value is -3.10. The molecule has 2 saturated heterocycles. The molecule has 184 valence electrons. The van der Waals surface area contributed by atoms with E-state index in [1.165, 1.54) is 0 Å². The number of aromatic nitrogens is 2. The van der Waals surface area contributed by atoms with Gasteiger partial charge in [0.1, 0.15) is 0 Å². The van der Waals surface area contributed by atoms with Crippen LogP contribution in [0.2, 0.25) is 5.02 Å². The second-order valence-electron chi connectivity index (χ2n) is 9.35. The van der Waals surface area contributed by atoms with Gasteiger partial charge in [0.2, 0.25) is 11.8 Å². The lowest BCUT2D eigenvalue weighted by molar-refractivity contribution is -0.132. The van der Waals surface area contributed by atoms with Crippen LogP contribution in [0.1, 0.15) is 19.0 Å². The smallest absolute Gasteiger partial charge is 0.236 e. The molecule has 2 aliphatic rings. The van der Waals surface area contributed by atoms with E-state index < -0.39 is 0 Å². The fourth-order valence-electron chi connectivity index (χ4n) is 5.03. The average Bonchev–Trinajstić information content (AvgIpc) is 3.51. The molecule has 2 amide bonds. The predicted octanol–water partition coefficient (Wildman–Crippen LogP) is 3.39. The molecule has 35 heavy (non-hydrogen) atoms. The largest absolute Gasteiger partial charge is 0.368 e. The van der Waals surface area contributed by atoms with Crippen molar-refractivity contribution in [1.82, 2.24) is 20.0 Å². The molecule has 1 atom stereocenters. The quantitative estimate of drug-likeness (QED) is 0.548. The number of carbonyl (C=O) groups is 2. The number of H-pyrrole nitrogens is 1. The molecule has 2 aromatic carbocycles. The second kappa shape index (κ2) is 10.3. The summed E-state index contributed by atoms with van der Waals surface area (Å²) in [5.74, 6) is 0.0109. The van der Waals surface area contributed by atoms with Gasteiger partial charge < -0.3 is 15.1 Å². The monoisotopic (exact) mass is 494 g/mol. The fourth-order valence-corrected chi connectivity index (χ4v) is 5.21. The normalized spacial score (nSPS) is 18.9. The molecular formula is C26H31ClN6O2. The maximum atomic E-state index is 12.9. The van der Waals surface area contributed by atoms with Gasteiger partial charge in [0.25, 0.3) is 0 Å². The number of aryl methyl sites for hydroxylation is 1. The molecule has 0 radical (unpaired) electrons. The third-order valence-corrected chi connectivity index (χ3v) is 7.30. The van der Waals surface area contributed by atoms with Gasteiger partial charge in [-0.15, -0.1) is 0 Å². The Morgan fingerprint density at radius 1 is 1.11 bits per heavy atom. The van der Waals surface area contributed by atoms with E-state index in [-0.39, 0.29) is 17.7 Å². The Balaban J connectivity index is 1.10. The van der Waals surface area contributed by atoms with Crippen molar-refractivity contribution in [2.75, 3.05) is 56.0 Å². The van der Waals surface area contributed by atoms with Crippen molar-refractivity contribution in [3.05, 3.63) is 53.2 Å². The summed E-state index contributed by atoms with van der Waals surface area (Å²) in [6, 6.07) is 13.7. The van der Waals surface area contributed by atoms with Crippen LogP contribution in [0.4, 0.5) is 11.4 Å². The van der Waals surface area contributed by atoms with Crippen LogP contribution in [-0.4, -0.2) is 77.6 Å². The number of anilines is 2. The summed E-state index contributed by atoms with van der Waals surface area (Å²) in [5.41, 5.74) is 3.80. The molecule has 2 fully saturated rings. The lowest BCUT2D eigenvalue weighted by atomic mass is 10.1. The summed E-state index contributed by atoms with van der Waals surface area (Å²) in [5, 5.41) is 12.2. The van der Waals surface area contributed by atoms with Gasteiger partial charge in [-0.2, -0.15) is 5.10 Å². The van der Waals surface area contributed by atoms with Crippen LogP contribution in [0.25, 0.3) is 10.9 Å². The van der Waals surface area contributed by atoms with E-state index in [1.54, 1.807) is 0 Å². The molecule has 3 heterocycles. The van der Waals surface area contributed by atoms with Gasteiger partial charge in [-0.1, -0.05) is 24.6 Å². The number of fused-ring (bicyclic) bond motifs is 1. The SMILES string of the molecule is CCc1[nH]nc2cc(NC(=O)C3CCN(CC(=O)N4CCN(c5cccc(Cl)c5)CC4)C3)ccc12. The zero-order chi connectivity index (χ0) is 24.4. The number of carbonyl (C=O) groups excluding carboxylic acids is 2.